The van der Waals surface area contributed by atoms with Gasteiger partial charge < -0.3 is 23.8 Å². The number of alkyl halides is 12. The summed E-state index contributed by atoms with van der Waals surface area (Å²) in [7, 11) is 0.616. The van der Waals surface area contributed by atoms with Gasteiger partial charge in [0.15, 0.2) is 18.3 Å². The first-order valence-electron chi connectivity index (χ1n) is 8.60. The second-order valence-corrected chi connectivity index (χ2v) is 6.15. The van der Waals surface area contributed by atoms with Crippen LogP contribution in [0.1, 0.15) is 6.92 Å². The summed E-state index contributed by atoms with van der Waals surface area (Å²) in [5.41, 5.74) is 0. The lowest BCUT2D eigenvalue weighted by atomic mass is 10.0. The molecule has 0 aromatic carbocycles. The maximum absolute atomic E-state index is 12.7. The van der Waals surface area contributed by atoms with Gasteiger partial charge in [-0.15, -0.1) is 0 Å². The molecule has 0 aromatic rings. The van der Waals surface area contributed by atoms with Gasteiger partial charge in [-0.25, -0.2) is 19.2 Å². The third kappa shape index (κ3) is 11.0. The molecular weight excluding hydrogens is 566 g/mol. The number of ether oxygens (including phenoxy) is 4. The number of oxime groups is 1. The van der Waals surface area contributed by atoms with E-state index in [2.05, 4.69) is 28.9 Å². The Hall–Kier alpha value is -3.49. The van der Waals surface area contributed by atoms with Crippen LogP contribution in [0.3, 0.4) is 0 Å². The number of nitrogens with zero attached hydrogens (tertiary/aromatic N) is 1. The quantitative estimate of drug-likeness (QED) is 0.134. The number of hydrogen-bond donors (Lipinski definition) is 0. The number of hydrogen-bond acceptors (Lipinski definition) is 10. The summed E-state index contributed by atoms with van der Waals surface area (Å²) in [5, 5.41) is 2.67. The SMILES string of the molecule is CO/N=C/C(OC(=O)C(F)(F)F)C(OC(=O)C(F)(F)F)C(OC(=O)C(F)(F)F)C(C)OC(=O)C(F)(F)F. The molecule has 0 aliphatic rings. The molecule has 4 atom stereocenters. The van der Waals surface area contributed by atoms with Gasteiger partial charge in [0.2, 0.25) is 0 Å². The third-order valence-corrected chi connectivity index (χ3v) is 3.37. The Morgan fingerprint density at radius 3 is 1.27 bits per heavy atom. The highest BCUT2D eigenvalue weighted by Crippen LogP contribution is 2.28. The zero-order valence-electron chi connectivity index (χ0n) is 17.5. The number of halogens is 12. The Balaban J connectivity index is 6.87. The average molecular weight is 577 g/mol. The highest BCUT2D eigenvalue weighted by atomic mass is 19.4. The van der Waals surface area contributed by atoms with Crippen LogP contribution in [0.25, 0.3) is 0 Å². The summed E-state index contributed by atoms with van der Waals surface area (Å²) in [6.07, 6.45) is -37.4. The highest BCUT2D eigenvalue weighted by molar-refractivity contribution is 5.80. The smallest absolute Gasteiger partial charge is 0.452 e. The largest absolute Gasteiger partial charge is 0.490 e. The van der Waals surface area contributed by atoms with E-state index < -0.39 is 73.0 Å². The maximum atomic E-state index is 12.7. The van der Waals surface area contributed by atoms with Crippen molar-refractivity contribution in [2.75, 3.05) is 7.11 Å². The Kier molecular flexibility index (Phi) is 11.0. The van der Waals surface area contributed by atoms with E-state index in [0.717, 1.165) is 0 Å². The van der Waals surface area contributed by atoms with Crippen molar-refractivity contribution < 1.29 is 95.6 Å². The fraction of sp³-hybridized carbons (Fsp3) is 0.667. The first-order chi connectivity index (χ1) is 16.4. The number of esters is 4. The molecule has 0 saturated carbocycles. The molecule has 0 aromatic heterocycles. The molecule has 37 heavy (non-hydrogen) atoms. The summed E-state index contributed by atoms with van der Waals surface area (Å²) in [4.78, 5) is 48.7. The molecule has 0 saturated heterocycles. The van der Waals surface area contributed by atoms with Gasteiger partial charge >= 0.3 is 48.6 Å². The monoisotopic (exact) mass is 577 g/mol. The fourth-order valence-electron chi connectivity index (χ4n) is 1.93. The molecule has 0 aliphatic heterocycles. The van der Waals surface area contributed by atoms with Gasteiger partial charge in [0.1, 0.15) is 13.2 Å². The molecule has 0 rings (SSSR count). The molecule has 0 N–H and O–H groups in total. The minimum Gasteiger partial charge on any atom is -0.452 e. The standard InChI is InChI=1S/C15H11F12NO9/c1-4(34-8(29)12(16,17)18)6(36-10(31)14(22,23)24)7(37-11(32)15(25,26)27)5(3-28-33-2)35-9(30)13(19,20)21/h3-7H,1-2H3/b28-3+. The molecule has 0 amide bonds. The lowest BCUT2D eigenvalue weighted by Crippen LogP contribution is -2.54. The predicted octanol–water partition coefficient (Wildman–Crippen LogP) is 2.53. The van der Waals surface area contributed by atoms with Crippen molar-refractivity contribution in [3.63, 3.8) is 0 Å². The molecule has 0 fully saturated rings. The second kappa shape index (κ2) is 12.2. The zero-order valence-corrected chi connectivity index (χ0v) is 17.5. The van der Waals surface area contributed by atoms with Crippen LogP contribution in [0.4, 0.5) is 52.7 Å². The summed E-state index contributed by atoms with van der Waals surface area (Å²) in [6.45, 7) is 0.141. The first-order valence-corrected chi connectivity index (χ1v) is 8.60. The first kappa shape index (κ1) is 33.5. The Labute approximate surface area is 195 Å². The second-order valence-electron chi connectivity index (χ2n) is 6.15. The summed E-state index contributed by atoms with van der Waals surface area (Å²) in [6, 6.07) is 0. The maximum Gasteiger partial charge on any atom is 0.490 e. The summed E-state index contributed by atoms with van der Waals surface area (Å²) >= 11 is 0. The molecule has 0 radical (unpaired) electrons. The number of rotatable bonds is 9. The van der Waals surface area contributed by atoms with Gasteiger partial charge in [0.05, 0.1) is 6.21 Å². The molecule has 10 nitrogen and oxygen atoms in total. The van der Waals surface area contributed by atoms with E-state index in [1.54, 1.807) is 0 Å². The van der Waals surface area contributed by atoms with Crippen molar-refractivity contribution >= 4 is 30.1 Å². The van der Waals surface area contributed by atoms with Crippen molar-refractivity contribution in [1.29, 1.82) is 0 Å². The van der Waals surface area contributed by atoms with E-state index in [-0.39, 0.29) is 13.1 Å². The Bertz CT molecular complexity index is 863. The molecular formula is C15H11F12NO9. The molecule has 0 aliphatic carbocycles. The van der Waals surface area contributed by atoms with E-state index in [0.29, 0.717) is 7.11 Å². The number of carbonyl (C=O) groups excluding carboxylic acids is 4. The van der Waals surface area contributed by atoms with Gasteiger partial charge in [-0.2, -0.15) is 52.7 Å². The van der Waals surface area contributed by atoms with Gasteiger partial charge in [-0.1, -0.05) is 5.16 Å². The van der Waals surface area contributed by atoms with Crippen molar-refractivity contribution in [1.82, 2.24) is 0 Å². The Morgan fingerprint density at radius 1 is 0.595 bits per heavy atom. The highest BCUT2D eigenvalue weighted by Gasteiger charge is 2.54. The molecule has 22 heteroatoms. The average Bonchev–Trinajstić information content (AvgIpc) is 2.70. The minimum absolute atomic E-state index is 0.141. The zero-order chi connectivity index (χ0) is 29.6. The lowest BCUT2D eigenvalue weighted by molar-refractivity contribution is -0.242. The lowest BCUT2D eigenvalue weighted by Gasteiger charge is -2.33. The van der Waals surface area contributed by atoms with Gasteiger partial charge in [-0.3, -0.25) is 0 Å². The van der Waals surface area contributed by atoms with Crippen LogP contribution < -0.4 is 0 Å². The van der Waals surface area contributed by atoms with Crippen LogP contribution in [0, 0.1) is 0 Å². The Morgan fingerprint density at radius 2 is 0.919 bits per heavy atom. The van der Waals surface area contributed by atoms with Crippen LogP contribution in [0.5, 0.6) is 0 Å². The molecule has 0 spiro atoms. The van der Waals surface area contributed by atoms with Crippen molar-refractivity contribution in [2.45, 2.75) is 56.0 Å². The van der Waals surface area contributed by atoms with Crippen LogP contribution in [0.15, 0.2) is 5.16 Å². The molecule has 4 unspecified atom stereocenters. The fourth-order valence-corrected chi connectivity index (χ4v) is 1.93. The van der Waals surface area contributed by atoms with Crippen molar-refractivity contribution in [2.24, 2.45) is 5.16 Å². The van der Waals surface area contributed by atoms with E-state index in [1.807, 2.05) is 0 Å². The van der Waals surface area contributed by atoms with Crippen molar-refractivity contribution in [3.8, 4) is 0 Å². The van der Waals surface area contributed by atoms with Crippen LogP contribution >= 0.6 is 0 Å². The van der Waals surface area contributed by atoms with Crippen LogP contribution in [-0.4, -0.2) is 86.3 Å². The van der Waals surface area contributed by atoms with Gasteiger partial charge in [0.25, 0.3) is 0 Å². The van der Waals surface area contributed by atoms with E-state index >= 15 is 0 Å². The van der Waals surface area contributed by atoms with E-state index in [4.69, 9.17) is 0 Å². The molecule has 214 valence electrons. The topological polar surface area (TPSA) is 127 Å². The van der Waals surface area contributed by atoms with Crippen LogP contribution in [-0.2, 0) is 43.0 Å². The van der Waals surface area contributed by atoms with Gasteiger partial charge in [-0.05, 0) is 6.92 Å². The minimum atomic E-state index is -6.08. The van der Waals surface area contributed by atoms with Crippen molar-refractivity contribution in [3.05, 3.63) is 0 Å². The third-order valence-electron chi connectivity index (χ3n) is 3.37. The predicted molar refractivity (Wildman–Crippen MR) is 84.9 cm³/mol. The van der Waals surface area contributed by atoms with Gasteiger partial charge in [0, 0.05) is 0 Å². The number of carbonyl (C=O) groups is 4. The molecule has 0 bridgehead atoms. The molecule has 0 heterocycles. The van der Waals surface area contributed by atoms with E-state index in [9.17, 15) is 71.9 Å². The van der Waals surface area contributed by atoms with E-state index in [1.165, 1.54) is 0 Å². The van der Waals surface area contributed by atoms with Crippen LogP contribution in [0.2, 0.25) is 0 Å². The summed E-state index contributed by atoms with van der Waals surface area (Å²) < 4.78 is 166. The summed E-state index contributed by atoms with van der Waals surface area (Å²) in [5.74, 6) is -13.4. The normalized spacial score (nSPS) is 16.3.